The van der Waals surface area contributed by atoms with Crippen molar-refractivity contribution in [3.63, 3.8) is 0 Å². The third-order valence-electron chi connectivity index (χ3n) is 4.73. The van der Waals surface area contributed by atoms with Crippen LogP contribution in [0.5, 0.6) is 11.5 Å². The summed E-state index contributed by atoms with van der Waals surface area (Å²) in [6, 6.07) is 14.1. The number of likely N-dealkylation sites (N-methyl/N-ethyl adjacent to an activating group) is 1. The number of methoxy groups -OCH3 is 2. The van der Waals surface area contributed by atoms with Crippen LogP contribution in [0.2, 0.25) is 0 Å². The number of rotatable bonds is 6. The average molecular weight is 401 g/mol. The lowest BCUT2D eigenvalue weighted by Gasteiger charge is -2.28. The summed E-state index contributed by atoms with van der Waals surface area (Å²) in [5.74, 6) is 2.29. The Balaban J connectivity index is 1.73. The predicted molar refractivity (Wildman–Crippen MR) is 110 cm³/mol. The van der Waals surface area contributed by atoms with E-state index in [2.05, 4.69) is 0 Å². The van der Waals surface area contributed by atoms with Gasteiger partial charge in [-0.15, -0.1) is 11.8 Å². The van der Waals surface area contributed by atoms with Crippen LogP contribution in [0, 0.1) is 0 Å². The third kappa shape index (κ3) is 4.25. The highest BCUT2D eigenvalue weighted by Crippen LogP contribution is 2.28. The van der Waals surface area contributed by atoms with Crippen molar-refractivity contribution in [1.29, 1.82) is 0 Å². The van der Waals surface area contributed by atoms with E-state index in [1.54, 1.807) is 61.0 Å². The number of ether oxygens (including phenoxy) is 2. The first-order chi connectivity index (χ1) is 13.5. The second-order valence-corrected chi connectivity index (χ2v) is 7.53. The van der Waals surface area contributed by atoms with Gasteiger partial charge in [0.1, 0.15) is 17.5 Å². The normalized spacial score (nSPS) is 16.0. The third-order valence-corrected chi connectivity index (χ3v) is 5.74. The summed E-state index contributed by atoms with van der Waals surface area (Å²) in [7, 11) is 4.94. The Morgan fingerprint density at radius 1 is 1.14 bits per heavy atom. The zero-order chi connectivity index (χ0) is 20.1. The molecule has 148 valence electrons. The van der Waals surface area contributed by atoms with Crippen LogP contribution in [0.25, 0.3) is 0 Å². The van der Waals surface area contributed by atoms with Crippen molar-refractivity contribution in [2.24, 2.45) is 0 Å². The molecule has 0 aromatic heterocycles. The minimum Gasteiger partial charge on any atom is -0.497 e. The molecule has 1 aliphatic rings. The number of amides is 2. The van der Waals surface area contributed by atoms with Crippen molar-refractivity contribution in [3.8, 4) is 11.5 Å². The molecule has 0 N–H and O–H groups in total. The Morgan fingerprint density at radius 2 is 1.89 bits per heavy atom. The summed E-state index contributed by atoms with van der Waals surface area (Å²) in [5.41, 5.74) is 1.48. The fourth-order valence-electron chi connectivity index (χ4n) is 3.16. The highest BCUT2D eigenvalue weighted by molar-refractivity contribution is 7.99. The summed E-state index contributed by atoms with van der Waals surface area (Å²) in [6.45, 7) is 0.389. The topological polar surface area (TPSA) is 59.1 Å². The maximum absolute atomic E-state index is 13.1. The fourth-order valence-corrected chi connectivity index (χ4v) is 4.31. The molecular weight excluding hydrogens is 376 g/mol. The zero-order valence-corrected chi connectivity index (χ0v) is 17.1. The average Bonchev–Trinajstić information content (AvgIpc) is 3.23. The lowest BCUT2D eigenvalue weighted by atomic mass is 10.1. The number of carbonyl (C=O) groups excluding carboxylic acids is 2. The van der Waals surface area contributed by atoms with Crippen LogP contribution >= 0.6 is 11.8 Å². The van der Waals surface area contributed by atoms with E-state index in [1.807, 2.05) is 30.3 Å². The lowest BCUT2D eigenvalue weighted by Crippen LogP contribution is -2.47. The van der Waals surface area contributed by atoms with Gasteiger partial charge in [-0.2, -0.15) is 0 Å². The Morgan fingerprint density at radius 3 is 2.57 bits per heavy atom. The van der Waals surface area contributed by atoms with Gasteiger partial charge in [0, 0.05) is 36.5 Å². The molecule has 0 saturated carbocycles. The number of thioether (sulfide) groups is 1. The van der Waals surface area contributed by atoms with Gasteiger partial charge in [-0.25, -0.2) is 0 Å². The minimum atomic E-state index is -0.466. The Kier molecular flexibility index (Phi) is 6.46. The summed E-state index contributed by atoms with van der Waals surface area (Å²) in [6.07, 6.45) is 0. The van der Waals surface area contributed by atoms with Gasteiger partial charge in [0.2, 0.25) is 5.91 Å². The molecule has 0 bridgehead atoms. The van der Waals surface area contributed by atoms with Crippen molar-refractivity contribution in [1.82, 2.24) is 9.80 Å². The number of hydrogen-bond acceptors (Lipinski definition) is 5. The summed E-state index contributed by atoms with van der Waals surface area (Å²) in [4.78, 5) is 29.2. The molecule has 2 aromatic rings. The lowest BCUT2D eigenvalue weighted by molar-refractivity contribution is -0.134. The molecule has 1 aliphatic heterocycles. The van der Waals surface area contributed by atoms with E-state index in [4.69, 9.17) is 9.47 Å². The number of hydrogen-bond donors (Lipinski definition) is 0. The summed E-state index contributed by atoms with van der Waals surface area (Å²) >= 11 is 1.59. The van der Waals surface area contributed by atoms with Gasteiger partial charge in [-0.05, 0) is 24.3 Å². The van der Waals surface area contributed by atoms with Crippen molar-refractivity contribution in [3.05, 3.63) is 59.7 Å². The molecule has 1 fully saturated rings. The molecule has 2 aromatic carbocycles. The Hall–Kier alpha value is -2.67. The molecule has 1 atom stereocenters. The minimum absolute atomic E-state index is 0.0767. The zero-order valence-electron chi connectivity index (χ0n) is 16.3. The largest absolute Gasteiger partial charge is 0.497 e. The molecule has 1 unspecified atom stereocenters. The van der Waals surface area contributed by atoms with Crippen LogP contribution in [0.3, 0.4) is 0 Å². The van der Waals surface area contributed by atoms with Gasteiger partial charge >= 0.3 is 0 Å². The first-order valence-corrected chi connectivity index (χ1v) is 10.1. The van der Waals surface area contributed by atoms with Crippen molar-refractivity contribution >= 4 is 23.6 Å². The fraction of sp³-hybridized carbons (Fsp3) is 0.333. The van der Waals surface area contributed by atoms with Gasteiger partial charge < -0.3 is 19.3 Å². The molecule has 6 nitrogen and oxygen atoms in total. The molecular formula is C21H24N2O4S. The predicted octanol–water partition coefficient (Wildman–Crippen LogP) is 2.88. The number of carbonyl (C=O) groups is 2. The molecule has 0 spiro atoms. The van der Waals surface area contributed by atoms with E-state index in [0.29, 0.717) is 35.2 Å². The van der Waals surface area contributed by atoms with Crippen LogP contribution in [0.15, 0.2) is 48.5 Å². The van der Waals surface area contributed by atoms with Gasteiger partial charge in [-0.3, -0.25) is 9.59 Å². The van der Waals surface area contributed by atoms with E-state index in [1.165, 1.54) is 0 Å². The van der Waals surface area contributed by atoms with Gasteiger partial charge in [-0.1, -0.05) is 18.2 Å². The SMILES string of the molecule is COc1ccc(CN(C)C(=O)C2CSCN2C(=O)c2ccccc2)c(OC)c1. The molecule has 2 amide bonds. The maximum atomic E-state index is 13.1. The van der Waals surface area contributed by atoms with Crippen molar-refractivity contribution < 1.29 is 19.1 Å². The van der Waals surface area contributed by atoms with E-state index in [9.17, 15) is 9.59 Å². The summed E-state index contributed by atoms with van der Waals surface area (Å²) in [5, 5.41) is 0. The molecule has 1 saturated heterocycles. The van der Waals surface area contributed by atoms with Crippen molar-refractivity contribution in [2.75, 3.05) is 32.9 Å². The van der Waals surface area contributed by atoms with E-state index >= 15 is 0 Å². The van der Waals surface area contributed by atoms with Crippen LogP contribution in [-0.2, 0) is 11.3 Å². The van der Waals surface area contributed by atoms with E-state index in [-0.39, 0.29) is 11.8 Å². The second kappa shape index (κ2) is 9.01. The molecule has 0 radical (unpaired) electrons. The van der Waals surface area contributed by atoms with Gasteiger partial charge in [0.15, 0.2) is 0 Å². The quantitative estimate of drug-likeness (QED) is 0.746. The van der Waals surface area contributed by atoms with Crippen LogP contribution < -0.4 is 9.47 Å². The smallest absolute Gasteiger partial charge is 0.255 e. The first kappa shape index (κ1) is 20.1. The van der Waals surface area contributed by atoms with Crippen LogP contribution in [0.1, 0.15) is 15.9 Å². The number of nitrogens with zero attached hydrogens (tertiary/aromatic N) is 2. The van der Waals surface area contributed by atoms with Gasteiger partial charge in [0.25, 0.3) is 5.91 Å². The van der Waals surface area contributed by atoms with Gasteiger partial charge in [0.05, 0.1) is 20.1 Å². The summed E-state index contributed by atoms with van der Waals surface area (Å²) < 4.78 is 10.6. The second-order valence-electron chi connectivity index (χ2n) is 6.53. The maximum Gasteiger partial charge on any atom is 0.255 e. The standard InChI is InChI=1S/C21H24N2O4S/c1-22(12-16-9-10-17(26-2)11-19(16)27-3)21(25)18-13-28-14-23(18)20(24)15-7-5-4-6-8-15/h4-11,18H,12-14H2,1-3H3. The van der Waals surface area contributed by atoms with Crippen LogP contribution in [-0.4, -0.2) is 60.6 Å². The highest BCUT2D eigenvalue weighted by atomic mass is 32.2. The Labute approximate surface area is 169 Å². The molecule has 1 heterocycles. The first-order valence-electron chi connectivity index (χ1n) is 8.94. The van der Waals surface area contributed by atoms with Crippen molar-refractivity contribution in [2.45, 2.75) is 12.6 Å². The molecule has 3 rings (SSSR count). The molecule has 0 aliphatic carbocycles. The monoisotopic (exact) mass is 400 g/mol. The van der Waals surface area contributed by atoms with E-state index < -0.39 is 6.04 Å². The highest BCUT2D eigenvalue weighted by Gasteiger charge is 2.36. The molecule has 7 heteroatoms. The van der Waals surface area contributed by atoms with E-state index in [0.717, 1.165) is 5.56 Å². The molecule has 28 heavy (non-hydrogen) atoms. The Bertz CT molecular complexity index is 844. The number of benzene rings is 2. The van der Waals surface area contributed by atoms with Crippen LogP contribution in [0.4, 0.5) is 0 Å².